The molecule has 8 atom stereocenters. The zero-order valence-corrected chi connectivity index (χ0v) is 22.8. The molecule has 0 aromatic rings. The average Bonchev–Trinajstić information content (AvgIpc) is 3.15. The summed E-state index contributed by atoms with van der Waals surface area (Å²) in [6.07, 6.45) is 5.37. The van der Waals surface area contributed by atoms with E-state index in [9.17, 15) is 9.59 Å². The third-order valence-electron chi connectivity index (χ3n) is 10.1. The number of nitrogens with one attached hydrogen (secondary N) is 1. The van der Waals surface area contributed by atoms with Gasteiger partial charge in [-0.15, -0.1) is 0 Å². The van der Waals surface area contributed by atoms with Gasteiger partial charge in [0.05, 0.1) is 24.9 Å². The third kappa shape index (κ3) is 4.24. The molecule has 0 radical (unpaired) electrons. The van der Waals surface area contributed by atoms with Crippen LogP contribution in [0.5, 0.6) is 0 Å². The second kappa shape index (κ2) is 9.62. The van der Waals surface area contributed by atoms with Gasteiger partial charge in [0.1, 0.15) is 5.54 Å². The van der Waals surface area contributed by atoms with Crippen molar-refractivity contribution < 1.29 is 23.6 Å². The molecule has 1 amide bonds. The Hall–Kier alpha value is -1.16. The van der Waals surface area contributed by atoms with E-state index in [1.807, 2.05) is 18.7 Å². The third-order valence-corrected chi connectivity index (χ3v) is 10.1. The Bertz CT molecular complexity index is 825. The van der Waals surface area contributed by atoms with Crippen molar-refractivity contribution >= 4 is 19.0 Å². The summed E-state index contributed by atoms with van der Waals surface area (Å²) in [5.41, 5.74) is 5.24. The molecule has 5 rings (SSSR count). The van der Waals surface area contributed by atoms with Gasteiger partial charge in [0.15, 0.2) is 0 Å². The summed E-state index contributed by atoms with van der Waals surface area (Å²) in [6.45, 7) is 13.9. The molecule has 3 N–H and O–H groups in total. The molecule has 0 aromatic heterocycles. The monoisotopic (exact) mass is 491 g/mol. The van der Waals surface area contributed by atoms with Crippen molar-refractivity contribution in [1.82, 2.24) is 10.2 Å². The number of carbonyl (C=O) groups is 2. The van der Waals surface area contributed by atoms with Gasteiger partial charge in [0.2, 0.25) is 5.91 Å². The number of likely N-dealkylation sites (N-methyl/N-ethyl adjacent to an activating group) is 1. The fourth-order valence-electron chi connectivity index (χ4n) is 8.00. The number of amides is 1. The van der Waals surface area contributed by atoms with Crippen molar-refractivity contribution in [3.8, 4) is 0 Å². The minimum absolute atomic E-state index is 0.0708. The van der Waals surface area contributed by atoms with Crippen LogP contribution in [-0.4, -0.2) is 73.4 Å². The SMILES string of the molecule is CCN[C@]1(C(=O)OC)CCN(C(=O)[C@H](C)N)[C@@H](C)[C@H]1CCCB1O[C@@H]2C[C@@H]3C[C@@H](C3(C)C)[C@]2(C)O1. The summed E-state index contributed by atoms with van der Waals surface area (Å²) in [5, 5.41) is 3.46. The van der Waals surface area contributed by atoms with Gasteiger partial charge in [-0.3, -0.25) is 9.59 Å². The van der Waals surface area contributed by atoms with Crippen LogP contribution >= 0.6 is 0 Å². The van der Waals surface area contributed by atoms with Gasteiger partial charge in [-0.1, -0.05) is 27.2 Å². The van der Waals surface area contributed by atoms with E-state index in [0.29, 0.717) is 30.8 Å². The number of esters is 1. The second-order valence-corrected chi connectivity index (χ2v) is 12.2. The number of ether oxygens (including phenoxy) is 1. The van der Waals surface area contributed by atoms with Crippen molar-refractivity contribution in [2.24, 2.45) is 28.9 Å². The van der Waals surface area contributed by atoms with Crippen LogP contribution < -0.4 is 11.1 Å². The molecule has 9 heteroatoms. The number of piperidine rings is 1. The highest BCUT2D eigenvalue weighted by Gasteiger charge is 2.67. The molecule has 2 aliphatic heterocycles. The first-order chi connectivity index (χ1) is 16.4. The van der Waals surface area contributed by atoms with Crippen LogP contribution in [0.1, 0.15) is 73.6 Å². The molecule has 3 saturated carbocycles. The molecule has 2 saturated heterocycles. The predicted molar refractivity (Wildman–Crippen MR) is 136 cm³/mol. The van der Waals surface area contributed by atoms with Gasteiger partial charge in [-0.25, -0.2) is 0 Å². The number of nitrogens with two attached hydrogens (primary N) is 1. The van der Waals surface area contributed by atoms with Crippen molar-refractivity contribution in [2.75, 3.05) is 20.2 Å². The fourth-order valence-corrected chi connectivity index (χ4v) is 8.00. The number of nitrogens with zero attached hydrogens (tertiary/aromatic N) is 1. The smallest absolute Gasteiger partial charge is 0.457 e. The molecule has 2 bridgehead atoms. The molecular weight excluding hydrogens is 445 g/mol. The molecule has 198 valence electrons. The number of methoxy groups -OCH3 is 1. The Morgan fingerprint density at radius 3 is 2.60 bits per heavy atom. The number of likely N-dealkylation sites (tertiary alicyclic amines) is 1. The normalized spacial score (nSPS) is 40.6. The summed E-state index contributed by atoms with van der Waals surface area (Å²) in [5.74, 6) is 0.847. The lowest BCUT2D eigenvalue weighted by Crippen LogP contribution is -2.68. The standard InChI is InChI=1S/C26H46BN3O5/c1-8-29-26(23(32)33-7)11-13-30(22(31)16(2)28)17(3)19(26)10-9-12-27-34-21-15-18-14-20(24(18,4)5)25(21,6)35-27/h16-21,29H,8-15,28H2,1-7H3/t16-,17-,18-,19+,20-,21+,25-,26+/m0/s1. The average molecular weight is 491 g/mol. The summed E-state index contributed by atoms with van der Waals surface area (Å²) in [7, 11) is 1.23. The van der Waals surface area contributed by atoms with Gasteiger partial charge in [0, 0.05) is 18.5 Å². The van der Waals surface area contributed by atoms with E-state index < -0.39 is 11.6 Å². The minimum atomic E-state index is -0.819. The quantitative estimate of drug-likeness (QED) is 0.398. The summed E-state index contributed by atoms with van der Waals surface area (Å²) in [4.78, 5) is 27.8. The van der Waals surface area contributed by atoms with E-state index >= 15 is 0 Å². The van der Waals surface area contributed by atoms with Crippen molar-refractivity contribution in [2.45, 2.75) is 109 Å². The van der Waals surface area contributed by atoms with Crippen molar-refractivity contribution in [1.29, 1.82) is 0 Å². The molecule has 35 heavy (non-hydrogen) atoms. The van der Waals surface area contributed by atoms with Gasteiger partial charge >= 0.3 is 13.1 Å². The van der Waals surface area contributed by atoms with Gasteiger partial charge in [-0.2, -0.15) is 0 Å². The van der Waals surface area contributed by atoms with Crippen LogP contribution in [0.3, 0.4) is 0 Å². The topological polar surface area (TPSA) is 103 Å². The van der Waals surface area contributed by atoms with Gasteiger partial charge < -0.3 is 30.0 Å². The molecule has 8 nitrogen and oxygen atoms in total. The van der Waals surface area contributed by atoms with Crippen LogP contribution in [0.4, 0.5) is 0 Å². The summed E-state index contributed by atoms with van der Waals surface area (Å²) < 4.78 is 18.3. The number of carbonyl (C=O) groups excluding carboxylic acids is 2. The first-order valence-electron chi connectivity index (χ1n) is 13.6. The Kier molecular flexibility index (Phi) is 7.39. The second-order valence-electron chi connectivity index (χ2n) is 12.2. The van der Waals surface area contributed by atoms with Gasteiger partial charge in [-0.05, 0) is 76.6 Å². The maximum atomic E-state index is 13.1. The van der Waals surface area contributed by atoms with Crippen molar-refractivity contribution in [3.05, 3.63) is 0 Å². The van der Waals surface area contributed by atoms with E-state index in [2.05, 4.69) is 26.1 Å². The molecule has 2 heterocycles. The first kappa shape index (κ1) is 26.9. The largest absolute Gasteiger partial charge is 0.468 e. The summed E-state index contributed by atoms with van der Waals surface area (Å²) in [6, 6.07) is -0.707. The van der Waals surface area contributed by atoms with Gasteiger partial charge in [0.25, 0.3) is 0 Å². The Morgan fingerprint density at radius 1 is 1.29 bits per heavy atom. The number of rotatable bonds is 8. The fraction of sp³-hybridized carbons (Fsp3) is 0.923. The number of hydrogen-bond acceptors (Lipinski definition) is 7. The molecule has 0 unspecified atom stereocenters. The highest BCUT2D eigenvalue weighted by atomic mass is 16.7. The molecule has 0 spiro atoms. The van der Waals surface area contributed by atoms with E-state index in [0.717, 1.165) is 31.5 Å². The maximum absolute atomic E-state index is 13.1. The molecular formula is C26H46BN3O5. The van der Waals surface area contributed by atoms with Crippen LogP contribution in [0.15, 0.2) is 0 Å². The van der Waals surface area contributed by atoms with Crippen molar-refractivity contribution in [3.63, 3.8) is 0 Å². The Labute approximate surface area is 211 Å². The molecule has 5 aliphatic rings. The van der Waals surface area contributed by atoms with Crippen LogP contribution in [0.25, 0.3) is 0 Å². The van der Waals surface area contributed by atoms with Crippen LogP contribution in [0, 0.1) is 23.2 Å². The lowest BCUT2D eigenvalue weighted by atomic mass is 9.43. The lowest BCUT2D eigenvalue weighted by molar-refractivity contribution is -0.199. The Morgan fingerprint density at radius 2 is 2.00 bits per heavy atom. The minimum Gasteiger partial charge on any atom is -0.468 e. The van der Waals surface area contributed by atoms with E-state index in [1.165, 1.54) is 13.5 Å². The van der Waals surface area contributed by atoms with Crippen LogP contribution in [0.2, 0.25) is 6.32 Å². The first-order valence-corrected chi connectivity index (χ1v) is 13.6. The zero-order chi connectivity index (χ0) is 25.8. The van der Waals surface area contributed by atoms with Crippen LogP contribution in [-0.2, 0) is 23.6 Å². The summed E-state index contributed by atoms with van der Waals surface area (Å²) >= 11 is 0. The zero-order valence-electron chi connectivity index (χ0n) is 22.8. The van der Waals surface area contributed by atoms with E-state index in [4.69, 9.17) is 19.8 Å². The highest BCUT2D eigenvalue weighted by Crippen LogP contribution is 2.65. The molecule has 0 aromatic carbocycles. The van der Waals surface area contributed by atoms with E-state index in [-0.39, 0.29) is 42.7 Å². The molecule has 3 aliphatic carbocycles. The lowest BCUT2D eigenvalue weighted by Gasteiger charge is -2.64. The predicted octanol–water partition coefficient (Wildman–Crippen LogP) is 2.60. The van der Waals surface area contributed by atoms with E-state index in [1.54, 1.807) is 6.92 Å². The highest BCUT2D eigenvalue weighted by molar-refractivity contribution is 6.45. The maximum Gasteiger partial charge on any atom is 0.457 e. The Balaban J connectivity index is 1.45. The number of hydrogen-bond donors (Lipinski definition) is 2. The molecule has 5 fully saturated rings.